The van der Waals surface area contributed by atoms with Crippen LogP contribution in [0.25, 0.3) is 10.8 Å². The molecule has 2 aromatic heterocycles. The largest absolute Gasteiger partial charge is 0.414 e. The van der Waals surface area contributed by atoms with Gasteiger partial charge in [0.1, 0.15) is 0 Å². The molecule has 2 heterocycles. The molecule has 0 aliphatic heterocycles. The molecule has 0 bridgehead atoms. The number of quaternary nitrogens is 1. The summed E-state index contributed by atoms with van der Waals surface area (Å²) < 4.78 is 5.58. The minimum absolute atomic E-state index is 0.0279. The van der Waals surface area contributed by atoms with Crippen molar-refractivity contribution < 1.29 is 14.5 Å². The monoisotopic (exact) mass is 267 g/mol. The molecule has 0 spiro atoms. The van der Waals surface area contributed by atoms with E-state index in [-0.39, 0.29) is 11.9 Å². The van der Waals surface area contributed by atoms with Crippen molar-refractivity contribution in [2.24, 2.45) is 0 Å². The van der Waals surface area contributed by atoms with Crippen LogP contribution in [0.5, 0.6) is 0 Å². The van der Waals surface area contributed by atoms with Crippen LogP contribution in [-0.4, -0.2) is 29.7 Å². The summed E-state index contributed by atoms with van der Waals surface area (Å²) in [6.45, 7) is 2.27. The van der Waals surface area contributed by atoms with Crippen LogP contribution in [0.15, 0.2) is 21.9 Å². The summed E-state index contributed by atoms with van der Waals surface area (Å²) in [5, 5.41) is 14.4. The van der Waals surface area contributed by atoms with Gasteiger partial charge in [-0.25, -0.2) is 0 Å². The fraction of sp³-hybridized carbons (Fsp3) is 0.364. The smallest absolute Gasteiger partial charge is 0.274 e. The van der Waals surface area contributed by atoms with E-state index < -0.39 is 0 Å². The molecule has 1 atom stereocenters. The maximum Gasteiger partial charge on any atom is 0.274 e. The number of aromatic nitrogens is 2. The van der Waals surface area contributed by atoms with Gasteiger partial charge in [0.25, 0.3) is 17.7 Å². The average molecular weight is 267 g/mol. The van der Waals surface area contributed by atoms with Gasteiger partial charge in [-0.1, -0.05) is 6.07 Å². The topological polar surface area (TPSA) is 84.6 Å². The predicted molar refractivity (Wildman–Crippen MR) is 66.9 cm³/mol. The highest BCUT2D eigenvalue weighted by atomic mass is 32.1. The normalized spacial score (nSPS) is 12.3. The van der Waals surface area contributed by atoms with Crippen molar-refractivity contribution in [2.45, 2.75) is 13.0 Å². The van der Waals surface area contributed by atoms with E-state index in [0.717, 1.165) is 4.88 Å². The Balaban J connectivity index is 1.99. The first-order valence-corrected chi connectivity index (χ1v) is 6.50. The van der Waals surface area contributed by atoms with Gasteiger partial charge in [-0.05, 0) is 18.4 Å². The zero-order valence-corrected chi connectivity index (χ0v) is 11.0. The molecule has 0 aliphatic carbocycles. The number of nitrogens with one attached hydrogen (secondary N) is 1. The average Bonchev–Trinajstić information content (AvgIpc) is 3.04. The second kappa shape index (κ2) is 5.74. The molecule has 3 N–H and O–H groups in total. The van der Waals surface area contributed by atoms with Crippen molar-refractivity contribution in [3.63, 3.8) is 0 Å². The summed E-state index contributed by atoms with van der Waals surface area (Å²) in [7, 11) is 1.61. The van der Waals surface area contributed by atoms with Crippen molar-refractivity contribution in [3.8, 4) is 10.8 Å². The first kappa shape index (κ1) is 12.7. The van der Waals surface area contributed by atoms with Gasteiger partial charge in [0.2, 0.25) is 0 Å². The van der Waals surface area contributed by atoms with Gasteiger partial charge in [0, 0.05) is 7.05 Å². The molecule has 7 heteroatoms. The maximum atomic E-state index is 11.1. The van der Waals surface area contributed by atoms with Gasteiger partial charge in [-0.15, -0.1) is 21.5 Å². The second-order valence-electron chi connectivity index (χ2n) is 3.82. The van der Waals surface area contributed by atoms with Crippen LogP contribution in [0.4, 0.5) is 0 Å². The summed E-state index contributed by atoms with van der Waals surface area (Å²) in [6, 6.07) is 3.83. The number of hydrogen-bond acceptors (Lipinski definition) is 5. The third kappa shape index (κ3) is 2.93. The molecule has 0 aromatic carbocycles. The van der Waals surface area contributed by atoms with Gasteiger partial charge < -0.3 is 15.1 Å². The van der Waals surface area contributed by atoms with E-state index in [1.54, 1.807) is 18.4 Å². The van der Waals surface area contributed by atoms with Gasteiger partial charge in [-0.2, -0.15) is 0 Å². The molecular weight excluding hydrogens is 252 g/mol. The lowest BCUT2D eigenvalue weighted by Crippen LogP contribution is -2.87. The summed E-state index contributed by atoms with van der Waals surface area (Å²) in [6.07, 6.45) is 0. The third-order valence-corrected chi connectivity index (χ3v) is 3.36. The molecule has 1 amide bonds. The van der Waals surface area contributed by atoms with E-state index in [0.29, 0.717) is 18.3 Å². The van der Waals surface area contributed by atoms with Crippen molar-refractivity contribution in [1.82, 2.24) is 15.5 Å². The summed E-state index contributed by atoms with van der Waals surface area (Å²) in [5.74, 6) is 1.03. The number of thiophene rings is 1. The second-order valence-corrected chi connectivity index (χ2v) is 4.77. The molecule has 2 aromatic rings. The quantitative estimate of drug-likeness (QED) is 0.808. The zero-order chi connectivity index (χ0) is 13.0. The van der Waals surface area contributed by atoms with Gasteiger partial charge in [0.05, 0.1) is 4.88 Å². The van der Waals surface area contributed by atoms with Gasteiger partial charge in [-0.3, -0.25) is 4.79 Å². The Hall–Kier alpha value is -1.73. The van der Waals surface area contributed by atoms with Crippen molar-refractivity contribution in [3.05, 3.63) is 23.4 Å². The van der Waals surface area contributed by atoms with Crippen LogP contribution in [0.2, 0.25) is 0 Å². The fourth-order valence-electron chi connectivity index (χ4n) is 1.41. The standard InChI is InChI=1S/C11H14N4O2S/c1-7(13-6-9(16)12-2)10-14-15-11(17-10)8-4-3-5-18-8/h3-5,7,13H,6H2,1-2H3,(H,12,16)/p+1/t7-/m0/s1. The minimum atomic E-state index is -0.0384. The number of hydrogen-bond donors (Lipinski definition) is 2. The Labute approximate surface area is 108 Å². The highest BCUT2D eigenvalue weighted by Gasteiger charge is 2.18. The van der Waals surface area contributed by atoms with E-state index >= 15 is 0 Å². The molecule has 2 rings (SSSR count). The molecule has 0 radical (unpaired) electrons. The number of carbonyl (C=O) groups is 1. The first-order valence-electron chi connectivity index (χ1n) is 5.62. The van der Waals surface area contributed by atoms with Crippen LogP contribution in [0.3, 0.4) is 0 Å². The van der Waals surface area contributed by atoms with Gasteiger partial charge >= 0.3 is 0 Å². The molecule has 0 unspecified atom stereocenters. The van der Waals surface area contributed by atoms with Crippen LogP contribution in [0.1, 0.15) is 18.9 Å². The number of likely N-dealkylation sites (N-methyl/N-ethyl adjacent to an activating group) is 1. The van der Waals surface area contributed by atoms with E-state index in [2.05, 4.69) is 15.5 Å². The number of nitrogens with zero attached hydrogens (tertiary/aromatic N) is 2. The molecular formula is C11H15N4O2S+. The van der Waals surface area contributed by atoms with E-state index in [4.69, 9.17) is 4.42 Å². The lowest BCUT2D eigenvalue weighted by molar-refractivity contribution is -0.685. The number of nitrogens with two attached hydrogens (primary N) is 1. The Kier molecular flexibility index (Phi) is 4.06. The molecule has 18 heavy (non-hydrogen) atoms. The highest BCUT2D eigenvalue weighted by Crippen LogP contribution is 2.23. The first-order chi connectivity index (χ1) is 8.70. The molecule has 6 nitrogen and oxygen atoms in total. The number of rotatable bonds is 5. The van der Waals surface area contributed by atoms with Crippen molar-refractivity contribution >= 4 is 17.2 Å². The van der Waals surface area contributed by atoms with Crippen LogP contribution in [0, 0.1) is 0 Å². The minimum Gasteiger partial charge on any atom is -0.414 e. The van der Waals surface area contributed by atoms with Crippen molar-refractivity contribution in [1.29, 1.82) is 0 Å². The third-order valence-electron chi connectivity index (χ3n) is 2.50. The van der Waals surface area contributed by atoms with E-state index in [9.17, 15) is 4.79 Å². The molecule has 96 valence electrons. The molecule has 0 saturated carbocycles. The molecule has 0 fully saturated rings. The predicted octanol–water partition coefficient (Wildman–Crippen LogP) is 0.169. The lowest BCUT2D eigenvalue weighted by atomic mass is 10.3. The van der Waals surface area contributed by atoms with Crippen molar-refractivity contribution in [2.75, 3.05) is 13.6 Å². The highest BCUT2D eigenvalue weighted by molar-refractivity contribution is 7.13. The Morgan fingerprint density at radius 2 is 2.44 bits per heavy atom. The Morgan fingerprint density at radius 1 is 1.61 bits per heavy atom. The summed E-state index contributed by atoms with van der Waals surface area (Å²) in [5.41, 5.74) is 0. The lowest BCUT2D eigenvalue weighted by Gasteiger charge is -2.04. The van der Waals surface area contributed by atoms with E-state index in [1.165, 1.54) is 0 Å². The molecule has 0 aliphatic rings. The van der Waals surface area contributed by atoms with Crippen LogP contribution < -0.4 is 10.6 Å². The van der Waals surface area contributed by atoms with Crippen LogP contribution in [-0.2, 0) is 4.79 Å². The van der Waals surface area contributed by atoms with Gasteiger partial charge in [0.15, 0.2) is 12.6 Å². The summed E-state index contributed by atoms with van der Waals surface area (Å²) >= 11 is 1.55. The Bertz CT molecular complexity index is 509. The molecule has 0 saturated heterocycles. The van der Waals surface area contributed by atoms with Crippen LogP contribution >= 0.6 is 11.3 Å². The summed E-state index contributed by atoms with van der Waals surface area (Å²) in [4.78, 5) is 12.1. The maximum absolute atomic E-state index is 11.1. The Morgan fingerprint density at radius 3 is 3.11 bits per heavy atom. The fourth-order valence-corrected chi connectivity index (χ4v) is 2.05. The SMILES string of the molecule is CNC(=O)C[NH2+][C@@H](C)c1nnc(-c2cccs2)o1. The van der Waals surface area contributed by atoms with E-state index in [1.807, 2.05) is 29.8 Å². The number of carbonyl (C=O) groups excluding carboxylic acids is 1. The zero-order valence-electron chi connectivity index (χ0n) is 10.2. The number of amides is 1.